The SMILES string of the molecule is CC(Nc1ccc(C#N)cc1Br)c1ccccc1F. The Morgan fingerprint density at radius 1 is 1.26 bits per heavy atom. The number of nitrogens with zero attached hydrogens (tertiary/aromatic N) is 1. The summed E-state index contributed by atoms with van der Waals surface area (Å²) in [5.74, 6) is -0.229. The second-order valence-electron chi connectivity index (χ2n) is 4.19. The maximum Gasteiger partial charge on any atom is 0.128 e. The Bertz CT molecular complexity index is 634. The maximum absolute atomic E-state index is 13.7. The zero-order chi connectivity index (χ0) is 13.8. The summed E-state index contributed by atoms with van der Waals surface area (Å²) in [5, 5.41) is 12.0. The van der Waals surface area contributed by atoms with Crippen LogP contribution in [0.2, 0.25) is 0 Å². The van der Waals surface area contributed by atoms with E-state index in [1.165, 1.54) is 6.07 Å². The first-order valence-electron chi connectivity index (χ1n) is 5.82. The van der Waals surface area contributed by atoms with Crippen LogP contribution < -0.4 is 5.32 Å². The van der Waals surface area contributed by atoms with E-state index in [1.54, 1.807) is 30.3 Å². The molecule has 1 unspecified atom stereocenters. The topological polar surface area (TPSA) is 35.8 Å². The van der Waals surface area contributed by atoms with Crippen LogP contribution in [-0.4, -0.2) is 0 Å². The van der Waals surface area contributed by atoms with Gasteiger partial charge in [-0.3, -0.25) is 0 Å². The summed E-state index contributed by atoms with van der Waals surface area (Å²) in [7, 11) is 0. The molecule has 0 aromatic heterocycles. The van der Waals surface area contributed by atoms with Gasteiger partial charge in [0.15, 0.2) is 0 Å². The second kappa shape index (κ2) is 5.85. The molecule has 2 aromatic rings. The van der Waals surface area contributed by atoms with Crippen LogP contribution in [0.4, 0.5) is 10.1 Å². The fourth-order valence-corrected chi connectivity index (χ4v) is 2.33. The Balaban J connectivity index is 2.22. The first-order chi connectivity index (χ1) is 9.11. The highest BCUT2D eigenvalue weighted by Gasteiger charge is 2.11. The van der Waals surface area contributed by atoms with Crippen molar-refractivity contribution in [1.82, 2.24) is 0 Å². The highest BCUT2D eigenvalue weighted by atomic mass is 79.9. The van der Waals surface area contributed by atoms with Gasteiger partial charge in [0.2, 0.25) is 0 Å². The molecule has 0 saturated heterocycles. The van der Waals surface area contributed by atoms with Gasteiger partial charge in [0.25, 0.3) is 0 Å². The number of rotatable bonds is 3. The average Bonchev–Trinajstić information content (AvgIpc) is 2.41. The predicted octanol–water partition coefficient (Wildman–Crippen LogP) is 4.63. The van der Waals surface area contributed by atoms with Crippen molar-refractivity contribution in [3.05, 3.63) is 63.9 Å². The van der Waals surface area contributed by atoms with Crippen LogP contribution >= 0.6 is 15.9 Å². The standard InChI is InChI=1S/C15H12BrFN2/c1-10(12-4-2-3-5-14(12)17)19-15-7-6-11(9-18)8-13(15)16/h2-8,10,19H,1H3. The molecule has 0 amide bonds. The quantitative estimate of drug-likeness (QED) is 0.895. The third-order valence-electron chi connectivity index (χ3n) is 2.84. The van der Waals surface area contributed by atoms with Crippen molar-refractivity contribution >= 4 is 21.6 Å². The Morgan fingerprint density at radius 3 is 2.63 bits per heavy atom. The molecular weight excluding hydrogens is 307 g/mol. The summed E-state index contributed by atoms with van der Waals surface area (Å²) >= 11 is 3.40. The van der Waals surface area contributed by atoms with Gasteiger partial charge >= 0.3 is 0 Å². The summed E-state index contributed by atoms with van der Waals surface area (Å²) < 4.78 is 14.5. The van der Waals surface area contributed by atoms with E-state index in [0.29, 0.717) is 11.1 Å². The lowest BCUT2D eigenvalue weighted by atomic mass is 10.1. The van der Waals surface area contributed by atoms with Gasteiger partial charge in [-0.25, -0.2) is 4.39 Å². The Kier molecular flexibility index (Phi) is 4.18. The number of anilines is 1. The molecule has 0 bridgehead atoms. The van der Waals surface area contributed by atoms with E-state index >= 15 is 0 Å². The lowest BCUT2D eigenvalue weighted by molar-refractivity contribution is 0.600. The summed E-state index contributed by atoms with van der Waals surface area (Å²) in [6.45, 7) is 1.89. The van der Waals surface area contributed by atoms with Crippen LogP contribution in [0.1, 0.15) is 24.1 Å². The highest BCUT2D eigenvalue weighted by Crippen LogP contribution is 2.28. The fourth-order valence-electron chi connectivity index (χ4n) is 1.84. The zero-order valence-electron chi connectivity index (χ0n) is 10.3. The van der Waals surface area contributed by atoms with E-state index in [4.69, 9.17) is 5.26 Å². The van der Waals surface area contributed by atoms with Gasteiger partial charge in [-0.05, 0) is 47.1 Å². The molecule has 2 rings (SSSR count). The summed E-state index contributed by atoms with van der Waals surface area (Å²) in [6, 6.07) is 13.9. The molecule has 0 spiro atoms. The van der Waals surface area contributed by atoms with Gasteiger partial charge in [-0.1, -0.05) is 18.2 Å². The predicted molar refractivity (Wildman–Crippen MR) is 77.3 cm³/mol. The third kappa shape index (κ3) is 3.12. The van der Waals surface area contributed by atoms with E-state index in [9.17, 15) is 4.39 Å². The molecule has 4 heteroatoms. The van der Waals surface area contributed by atoms with E-state index in [1.807, 2.05) is 13.0 Å². The van der Waals surface area contributed by atoms with E-state index < -0.39 is 0 Å². The van der Waals surface area contributed by atoms with Gasteiger partial charge in [0.05, 0.1) is 17.7 Å². The van der Waals surface area contributed by atoms with E-state index in [0.717, 1.165) is 10.2 Å². The number of hydrogen-bond donors (Lipinski definition) is 1. The number of benzene rings is 2. The molecule has 2 aromatic carbocycles. The minimum atomic E-state index is -0.229. The van der Waals surface area contributed by atoms with Crippen LogP contribution in [0.5, 0.6) is 0 Å². The van der Waals surface area contributed by atoms with Crippen LogP contribution in [-0.2, 0) is 0 Å². The summed E-state index contributed by atoms with van der Waals surface area (Å²) in [5.41, 5.74) is 2.02. The Morgan fingerprint density at radius 2 is 2.00 bits per heavy atom. The van der Waals surface area contributed by atoms with Crippen LogP contribution in [0.15, 0.2) is 46.9 Å². The first-order valence-corrected chi connectivity index (χ1v) is 6.61. The summed E-state index contributed by atoms with van der Waals surface area (Å²) in [6.07, 6.45) is 0. The first kappa shape index (κ1) is 13.6. The van der Waals surface area contributed by atoms with Crippen molar-refractivity contribution in [2.45, 2.75) is 13.0 Å². The van der Waals surface area contributed by atoms with Crippen molar-refractivity contribution in [2.24, 2.45) is 0 Å². The minimum Gasteiger partial charge on any atom is -0.377 e. The zero-order valence-corrected chi connectivity index (χ0v) is 11.9. The average molecular weight is 319 g/mol. The largest absolute Gasteiger partial charge is 0.377 e. The van der Waals surface area contributed by atoms with Crippen molar-refractivity contribution in [3.8, 4) is 6.07 Å². The maximum atomic E-state index is 13.7. The minimum absolute atomic E-state index is 0.162. The lowest BCUT2D eigenvalue weighted by Gasteiger charge is -2.17. The van der Waals surface area contributed by atoms with Gasteiger partial charge in [0, 0.05) is 15.7 Å². The number of hydrogen-bond acceptors (Lipinski definition) is 2. The van der Waals surface area contributed by atoms with E-state index in [-0.39, 0.29) is 11.9 Å². The monoisotopic (exact) mass is 318 g/mol. The molecule has 1 N–H and O–H groups in total. The number of nitrogens with one attached hydrogen (secondary N) is 1. The van der Waals surface area contributed by atoms with Crippen LogP contribution in [0.3, 0.4) is 0 Å². The molecule has 0 aliphatic rings. The third-order valence-corrected chi connectivity index (χ3v) is 3.50. The van der Waals surface area contributed by atoms with Crippen LogP contribution in [0.25, 0.3) is 0 Å². The molecule has 0 aliphatic carbocycles. The lowest BCUT2D eigenvalue weighted by Crippen LogP contribution is -2.08. The normalized spacial score (nSPS) is 11.7. The van der Waals surface area contributed by atoms with E-state index in [2.05, 4.69) is 27.3 Å². The smallest absolute Gasteiger partial charge is 0.128 e. The molecule has 0 fully saturated rings. The summed E-state index contributed by atoms with van der Waals surface area (Å²) in [4.78, 5) is 0. The van der Waals surface area contributed by atoms with Crippen molar-refractivity contribution in [3.63, 3.8) is 0 Å². The molecular formula is C15H12BrFN2. The van der Waals surface area contributed by atoms with Gasteiger partial charge in [0.1, 0.15) is 5.82 Å². The van der Waals surface area contributed by atoms with Gasteiger partial charge in [-0.15, -0.1) is 0 Å². The number of nitriles is 1. The molecule has 1 atom stereocenters. The highest BCUT2D eigenvalue weighted by molar-refractivity contribution is 9.10. The Labute approximate surface area is 120 Å². The van der Waals surface area contributed by atoms with Crippen molar-refractivity contribution in [2.75, 3.05) is 5.32 Å². The molecule has 0 aliphatic heterocycles. The molecule has 19 heavy (non-hydrogen) atoms. The van der Waals surface area contributed by atoms with Gasteiger partial charge in [-0.2, -0.15) is 5.26 Å². The molecule has 0 radical (unpaired) electrons. The fraction of sp³-hybridized carbons (Fsp3) is 0.133. The molecule has 0 heterocycles. The van der Waals surface area contributed by atoms with Crippen LogP contribution in [0, 0.1) is 17.1 Å². The second-order valence-corrected chi connectivity index (χ2v) is 5.05. The van der Waals surface area contributed by atoms with Crippen molar-refractivity contribution in [1.29, 1.82) is 5.26 Å². The number of halogens is 2. The Hall–Kier alpha value is -1.86. The molecule has 2 nitrogen and oxygen atoms in total. The molecule has 0 saturated carbocycles. The molecule has 96 valence electrons. The van der Waals surface area contributed by atoms with Gasteiger partial charge < -0.3 is 5.32 Å². The van der Waals surface area contributed by atoms with Crippen molar-refractivity contribution < 1.29 is 4.39 Å².